The molecule has 0 bridgehead atoms. The Bertz CT molecular complexity index is 993. The zero-order chi connectivity index (χ0) is 22.6. The van der Waals surface area contributed by atoms with Crippen LogP contribution in [0.1, 0.15) is 68.0 Å². The molecule has 3 heterocycles. The normalized spacial score (nSPS) is 17.8. The summed E-state index contributed by atoms with van der Waals surface area (Å²) in [5.41, 5.74) is 2.73. The number of benzene rings is 2. The van der Waals surface area contributed by atoms with Gasteiger partial charge in [-0.15, -0.1) is 11.3 Å². The highest BCUT2D eigenvalue weighted by Crippen LogP contribution is 2.31. The first-order valence-electron chi connectivity index (χ1n) is 12.0. The van der Waals surface area contributed by atoms with Crippen molar-refractivity contribution in [3.8, 4) is 0 Å². The summed E-state index contributed by atoms with van der Waals surface area (Å²) in [6, 6.07) is 24.8. The predicted molar refractivity (Wildman–Crippen MR) is 133 cm³/mol. The van der Waals surface area contributed by atoms with Gasteiger partial charge in [-0.2, -0.15) is 0 Å². The highest BCUT2D eigenvalue weighted by molar-refractivity contribution is 7.15. The van der Waals surface area contributed by atoms with E-state index in [0.717, 1.165) is 51.9 Å². The van der Waals surface area contributed by atoms with Crippen LogP contribution >= 0.6 is 11.3 Å². The van der Waals surface area contributed by atoms with Crippen LogP contribution < -0.4 is 0 Å². The summed E-state index contributed by atoms with van der Waals surface area (Å²) in [6.07, 6.45) is 3.96. The van der Waals surface area contributed by atoms with Crippen molar-refractivity contribution in [3.63, 3.8) is 0 Å². The quantitative estimate of drug-likeness (QED) is 0.497. The first kappa shape index (κ1) is 21.9. The molecule has 0 atom stereocenters. The minimum atomic E-state index is 0.0633. The van der Waals surface area contributed by atoms with E-state index in [-0.39, 0.29) is 11.8 Å². The third-order valence-corrected chi connectivity index (χ3v) is 8.20. The summed E-state index contributed by atoms with van der Waals surface area (Å²) < 4.78 is 0. The molecule has 2 amide bonds. The largest absolute Gasteiger partial charge is 0.338 e. The summed E-state index contributed by atoms with van der Waals surface area (Å²) in [6.45, 7) is 3.08. The minimum Gasteiger partial charge on any atom is -0.338 e. The molecule has 5 rings (SSSR count). The van der Waals surface area contributed by atoms with Gasteiger partial charge in [0.1, 0.15) is 0 Å². The Hall–Kier alpha value is -2.92. The molecule has 5 heteroatoms. The number of thiophene rings is 1. The van der Waals surface area contributed by atoms with Gasteiger partial charge in [-0.25, -0.2) is 0 Å². The highest BCUT2D eigenvalue weighted by Gasteiger charge is 2.28. The van der Waals surface area contributed by atoms with E-state index in [4.69, 9.17) is 0 Å². The van der Waals surface area contributed by atoms with E-state index in [9.17, 15) is 9.59 Å². The third-order valence-electron chi connectivity index (χ3n) is 7.13. The maximum Gasteiger partial charge on any atom is 0.263 e. The first-order valence-corrected chi connectivity index (χ1v) is 12.8. The summed E-state index contributed by atoms with van der Waals surface area (Å²) >= 11 is 1.35. The lowest BCUT2D eigenvalue weighted by Crippen LogP contribution is -2.38. The Kier molecular flexibility index (Phi) is 6.58. The van der Waals surface area contributed by atoms with Gasteiger partial charge in [0.2, 0.25) is 0 Å². The molecule has 2 aromatic carbocycles. The van der Waals surface area contributed by atoms with Crippen molar-refractivity contribution in [2.75, 3.05) is 26.2 Å². The number of carbonyl (C=O) groups excluding carboxylic acids is 2. The summed E-state index contributed by atoms with van der Waals surface area (Å²) in [5.74, 6) is 1.17. The van der Waals surface area contributed by atoms with Crippen molar-refractivity contribution in [1.82, 2.24) is 9.80 Å². The molecular weight excluding hydrogens is 428 g/mol. The number of hydrogen-bond acceptors (Lipinski definition) is 3. The molecule has 0 aliphatic carbocycles. The van der Waals surface area contributed by atoms with Crippen molar-refractivity contribution in [1.29, 1.82) is 0 Å². The van der Waals surface area contributed by atoms with Crippen LogP contribution in [0.2, 0.25) is 0 Å². The van der Waals surface area contributed by atoms with E-state index in [2.05, 4.69) is 48.5 Å². The van der Waals surface area contributed by atoms with E-state index in [1.165, 1.54) is 22.5 Å². The van der Waals surface area contributed by atoms with Gasteiger partial charge < -0.3 is 9.80 Å². The highest BCUT2D eigenvalue weighted by atomic mass is 32.1. The second-order valence-corrected chi connectivity index (χ2v) is 10.2. The van der Waals surface area contributed by atoms with Crippen LogP contribution in [0.5, 0.6) is 0 Å². The van der Waals surface area contributed by atoms with Crippen molar-refractivity contribution in [2.45, 2.75) is 37.5 Å². The SMILES string of the molecule is O=C(c1ccc(C(=O)N2CCC(c3ccccc3)CC2)s1)N1CCC(c2ccccc2)CC1. The van der Waals surface area contributed by atoms with Crippen LogP contribution in [-0.2, 0) is 0 Å². The molecule has 0 N–H and O–H groups in total. The number of amides is 2. The zero-order valence-electron chi connectivity index (χ0n) is 18.9. The number of piperidine rings is 2. The lowest BCUT2D eigenvalue weighted by Gasteiger charge is -2.32. The molecule has 33 heavy (non-hydrogen) atoms. The Labute approximate surface area is 199 Å². The van der Waals surface area contributed by atoms with Gasteiger partial charge in [0.25, 0.3) is 11.8 Å². The van der Waals surface area contributed by atoms with Crippen molar-refractivity contribution in [2.24, 2.45) is 0 Å². The maximum atomic E-state index is 13.1. The summed E-state index contributed by atoms with van der Waals surface area (Å²) in [7, 11) is 0. The third kappa shape index (κ3) is 4.88. The van der Waals surface area contributed by atoms with Crippen LogP contribution in [0.15, 0.2) is 72.8 Å². The van der Waals surface area contributed by atoms with Gasteiger partial charge in [0.15, 0.2) is 0 Å². The number of nitrogens with zero attached hydrogens (tertiary/aromatic N) is 2. The fourth-order valence-electron chi connectivity index (χ4n) is 5.16. The lowest BCUT2D eigenvalue weighted by molar-refractivity contribution is 0.0712. The van der Waals surface area contributed by atoms with Crippen molar-refractivity contribution in [3.05, 3.63) is 93.7 Å². The number of hydrogen-bond donors (Lipinski definition) is 0. The van der Waals surface area contributed by atoms with E-state index < -0.39 is 0 Å². The Morgan fingerprint density at radius 1 is 0.576 bits per heavy atom. The molecule has 2 aliphatic rings. The molecule has 2 saturated heterocycles. The standard InChI is InChI=1S/C28H30N2O2S/c31-27(29-17-13-23(14-18-29)21-7-3-1-4-8-21)25-11-12-26(33-25)28(32)30-19-15-24(16-20-30)22-9-5-2-6-10-22/h1-12,23-24H,13-20H2. The zero-order valence-corrected chi connectivity index (χ0v) is 19.7. The first-order chi connectivity index (χ1) is 16.2. The molecule has 2 fully saturated rings. The summed E-state index contributed by atoms with van der Waals surface area (Å²) in [5, 5.41) is 0. The topological polar surface area (TPSA) is 40.6 Å². The molecule has 0 spiro atoms. The molecule has 3 aromatic rings. The fourth-order valence-corrected chi connectivity index (χ4v) is 6.10. The number of likely N-dealkylation sites (tertiary alicyclic amines) is 2. The van der Waals surface area contributed by atoms with E-state index in [1.54, 1.807) is 0 Å². The Morgan fingerprint density at radius 2 is 0.939 bits per heavy atom. The maximum absolute atomic E-state index is 13.1. The second-order valence-electron chi connectivity index (χ2n) is 9.12. The van der Waals surface area contributed by atoms with Crippen molar-refractivity contribution >= 4 is 23.2 Å². The van der Waals surface area contributed by atoms with Crippen LogP contribution in [0.4, 0.5) is 0 Å². The Morgan fingerprint density at radius 3 is 1.30 bits per heavy atom. The van der Waals surface area contributed by atoms with Gasteiger partial charge in [0.05, 0.1) is 9.75 Å². The second kappa shape index (κ2) is 9.92. The molecule has 1 aromatic heterocycles. The summed E-state index contributed by atoms with van der Waals surface area (Å²) in [4.78, 5) is 31.4. The van der Waals surface area contributed by atoms with Gasteiger partial charge in [-0.05, 0) is 60.8 Å². The fraction of sp³-hybridized carbons (Fsp3) is 0.357. The minimum absolute atomic E-state index is 0.0633. The van der Waals surface area contributed by atoms with E-state index >= 15 is 0 Å². The van der Waals surface area contributed by atoms with E-state index in [1.807, 2.05) is 34.1 Å². The van der Waals surface area contributed by atoms with Gasteiger partial charge >= 0.3 is 0 Å². The van der Waals surface area contributed by atoms with E-state index in [0.29, 0.717) is 21.6 Å². The Balaban J connectivity index is 1.16. The average Bonchev–Trinajstić information content (AvgIpc) is 3.39. The van der Waals surface area contributed by atoms with Gasteiger partial charge in [-0.1, -0.05) is 60.7 Å². The monoisotopic (exact) mass is 458 g/mol. The number of rotatable bonds is 4. The molecule has 2 aliphatic heterocycles. The number of carbonyl (C=O) groups is 2. The molecule has 0 unspecified atom stereocenters. The van der Waals surface area contributed by atoms with Crippen LogP contribution in [0.3, 0.4) is 0 Å². The average molecular weight is 459 g/mol. The molecule has 170 valence electrons. The van der Waals surface area contributed by atoms with Crippen molar-refractivity contribution < 1.29 is 9.59 Å². The van der Waals surface area contributed by atoms with Crippen LogP contribution in [0, 0.1) is 0 Å². The molecule has 0 saturated carbocycles. The molecule has 4 nitrogen and oxygen atoms in total. The molecular formula is C28H30N2O2S. The van der Waals surface area contributed by atoms with Crippen LogP contribution in [0.25, 0.3) is 0 Å². The lowest BCUT2D eigenvalue weighted by atomic mass is 9.89. The van der Waals surface area contributed by atoms with Crippen LogP contribution in [-0.4, -0.2) is 47.8 Å². The predicted octanol–water partition coefficient (Wildman–Crippen LogP) is 5.79. The van der Waals surface area contributed by atoms with Gasteiger partial charge in [0, 0.05) is 26.2 Å². The molecule has 0 radical (unpaired) electrons. The smallest absolute Gasteiger partial charge is 0.263 e. The van der Waals surface area contributed by atoms with Gasteiger partial charge in [-0.3, -0.25) is 9.59 Å².